The molecule has 5 atom stereocenters. The van der Waals surface area contributed by atoms with E-state index in [0.717, 1.165) is 51.5 Å². The number of benzene rings is 2. The maximum absolute atomic E-state index is 13.8. The zero-order chi connectivity index (χ0) is 36.8. The molecule has 7 rings (SSSR count). The van der Waals surface area contributed by atoms with E-state index in [4.69, 9.17) is 25.8 Å². The second-order valence-corrected chi connectivity index (χ2v) is 18.1. The zero-order valence-corrected chi connectivity index (χ0v) is 32.2. The number of fused-ring (bicyclic) bond motifs is 4. The number of carbonyl (C=O) groups is 2. The fraction of sp³-hybridized carbons (Fsp3) is 0.590. The molecule has 0 radical (unpaired) electrons. The highest BCUT2D eigenvalue weighted by Gasteiger charge is 2.46. The minimum Gasteiger partial charge on any atom is -0.490 e. The van der Waals surface area contributed by atoms with Crippen LogP contribution in [0.2, 0.25) is 5.02 Å². The molecule has 282 valence electrons. The fourth-order valence-corrected chi connectivity index (χ4v) is 10.1. The first kappa shape index (κ1) is 37.0. The van der Waals surface area contributed by atoms with Crippen LogP contribution in [0.25, 0.3) is 0 Å². The van der Waals surface area contributed by atoms with Crippen molar-refractivity contribution in [3.63, 3.8) is 0 Å². The molecule has 0 aromatic heterocycles. The number of likely N-dealkylation sites (N-methyl/N-ethyl adjacent to an activating group) is 1. The SMILES string of the molecule is CN(C)C[C@H]1CCCN1C(=O)O[C@H]1/C=C/COC(C)(C)C(=O)NS(=O)(=O)c2ccc3c(c2)N(C[C@@H]2CC[C@H]21)C[C@@]1(CCCc2cc(Cl)ccc21)CO3. The number of nitrogens with one attached hydrogen (secondary N) is 1. The highest BCUT2D eigenvalue weighted by Crippen LogP contribution is 2.47. The second kappa shape index (κ2) is 14.5. The van der Waals surface area contributed by atoms with Gasteiger partial charge in [0.15, 0.2) is 0 Å². The highest BCUT2D eigenvalue weighted by molar-refractivity contribution is 7.90. The van der Waals surface area contributed by atoms with Crippen LogP contribution in [-0.2, 0) is 36.1 Å². The van der Waals surface area contributed by atoms with E-state index in [1.165, 1.54) is 31.0 Å². The molecule has 3 heterocycles. The molecule has 0 unspecified atom stereocenters. The van der Waals surface area contributed by atoms with Crippen LogP contribution in [0.1, 0.15) is 63.5 Å². The van der Waals surface area contributed by atoms with Crippen LogP contribution >= 0.6 is 11.6 Å². The van der Waals surface area contributed by atoms with Crippen LogP contribution in [0.5, 0.6) is 5.75 Å². The van der Waals surface area contributed by atoms with E-state index in [0.29, 0.717) is 42.7 Å². The first-order valence-corrected chi connectivity index (χ1v) is 20.4. The molecule has 5 aliphatic rings. The topological polar surface area (TPSA) is 118 Å². The van der Waals surface area contributed by atoms with E-state index in [9.17, 15) is 18.0 Å². The molecule has 2 aromatic rings. The number of aryl methyl sites for hydroxylation is 1. The molecule has 2 amide bonds. The summed E-state index contributed by atoms with van der Waals surface area (Å²) in [5.74, 6) is -0.00411. The number of likely N-dealkylation sites (tertiary alicyclic amines) is 1. The smallest absolute Gasteiger partial charge is 0.410 e. The van der Waals surface area contributed by atoms with Crippen LogP contribution < -0.4 is 14.4 Å². The molecule has 11 nitrogen and oxygen atoms in total. The van der Waals surface area contributed by atoms with Gasteiger partial charge in [0.2, 0.25) is 0 Å². The van der Waals surface area contributed by atoms with Crippen molar-refractivity contribution in [1.82, 2.24) is 14.5 Å². The third kappa shape index (κ3) is 7.41. The van der Waals surface area contributed by atoms with Gasteiger partial charge in [-0.2, -0.15) is 0 Å². The molecule has 2 aliphatic carbocycles. The quantitative estimate of drug-likeness (QED) is 0.404. The van der Waals surface area contributed by atoms with Gasteiger partial charge in [-0.05, 0) is 126 Å². The predicted octanol–water partition coefficient (Wildman–Crippen LogP) is 5.54. The Morgan fingerprint density at radius 1 is 1.12 bits per heavy atom. The van der Waals surface area contributed by atoms with Crippen molar-refractivity contribution < 1.29 is 32.2 Å². The summed E-state index contributed by atoms with van der Waals surface area (Å²) in [5.41, 5.74) is 1.28. The molecule has 3 aliphatic heterocycles. The maximum atomic E-state index is 13.8. The van der Waals surface area contributed by atoms with E-state index >= 15 is 0 Å². The van der Waals surface area contributed by atoms with Gasteiger partial charge in [0.1, 0.15) is 17.5 Å². The van der Waals surface area contributed by atoms with Gasteiger partial charge in [-0.3, -0.25) is 4.79 Å². The van der Waals surface area contributed by atoms with Crippen molar-refractivity contribution in [2.45, 2.75) is 86.9 Å². The van der Waals surface area contributed by atoms with Crippen LogP contribution in [0, 0.1) is 11.8 Å². The molecular formula is C39H51ClN4O7S. The Morgan fingerprint density at radius 3 is 2.71 bits per heavy atom. The molecule has 1 saturated heterocycles. The molecule has 52 heavy (non-hydrogen) atoms. The largest absolute Gasteiger partial charge is 0.490 e. The van der Waals surface area contributed by atoms with E-state index in [1.807, 2.05) is 31.1 Å². The summed E-state index contributed by atoms with van der Waals surface area (Å²) < 4.78 is 48.5. The number of rotatable bonds is 3. The third-order valence-corrected chi connectivity index (χ3v) is 13.3. The lowest BCUT2D eigenvalue weighted by atomic mass is 9.68. The van der Waals surface area contributed by atoms with Crippen LogP contribution in [0.4, 0.5) is 10.5 Å². The minimum absolute atomic E-state index is 0.0300. The lowest BCUT2D eigenvalue weighted by Crippen LogP contribution is -2.50. The van der Waals surface area contributed by atoms with Gasteiger partial charge in [-0.15, -0.1) is 0 Å². The van der Waals surface area contributed by atoms with Crippen molar-refractivity contribution in [3.05, 3.63) is 64.7 Å². The fourth-order valence-electron chi connectivity index (χ4n) is 8.75. The van der Waals surface area contributed by atoms with E-state index in [-0.39, 0.29) is 40.9 Å². The summed E-state index contributed by atoms with van der Waals surface area (Å²) in [6.07, 6.45) is 9.38. The predicted molar refractivity (Wildman–Crippen MR) is 199 cm³/mol. The Morgan fingerprint density at radius 2 is 1.94 bits per heavy atom. The van der Waals surface area contributed by atoms with E-state index in [2.05, 4.69) is 26.7 Å². The lowest BCUT2D eigenvalue weighted by Gasteiger charge is -2.46. The number of amides is 2. The molecular weight excluding hydrogens is 704 g/mol. The molecule has 1 spiro atoms. The summed E-state index contributed by atoms with van der Waals surface area (Å²) in [5, 5.41) is 0.706. The molecule has 2 bridgehead atoms. The maximum Gasteiger partial charge on any atom is 0.410 e. The van der Waals surface area contributed by atoms with Gasteiger partial charge >= 0.3 is 6.09 Å². The molecule has 2 aromatic carbocycles. The lowest BCUT2D eigenvalue weighted by molar-refractivity contribution is -0.139. The third-order valence-electron chi connectivity index (χ3n) is 11.7. The Kier molecular flexibility index (Phi) is 10.3. The van der Waals surface area contributed by atoms with Gasteiger partial charge in [0.25, 0.3) is 15.9 Å². The molecule has 1 saturated carbocycles. The number of nitrogens with zero attached hydrogens (tertiary/aromatic N) is 3. The van der Waals surface area contributed by atoms with Crippen LogP contribution in [0.15, 0.2) is 53.4 Å². The molecule has 2 fully saturated rings. The second-order valence-electron chi connectivity index (χ2n) is 16.0. The Balaban J connectivity index is 1.26. The number of ether oxygens (including phenoxy) is 3. The van der Waals surface area contributed by atoms with Gasteiger partial charge in [-0.25, -0.2) is 17.9 Å². The highest BCUT2D eigenvalue weighted by atomic mass is 35.5. The summed E-state index contributed by atoms with van der Waals surface area (Å²) in [6, 6.07) is 11.0. The minimum atomic E-state index is -4.24. The van der Waals surface area contributed by atoms with Gasteiger partial charge < -0.3 is 28.9 Å². The van der Waals surface area contributed by atoms with E-state index in [1.54, 1.807) is 18.2 Å². The average Bonchev–Trinajstić information content (AvgIpc) is 3.47. The molecule has 1 N–H and O–H groups in total. The van der Waals surface area contributed by atoms with Gasteiger partial charge in [-0.1, -0.05) is 23.7 Å². The first-order chi connectivity index (χ1) is 24.7. The monoisotopic (exact) mass is 754 g/mol. The summed E-state index contributed by atoms with van der Waals surface area (Å²) in [7, 11) is -0.209. The van der Waals surface area contributed by atoms with Crippen molar-refractivity contribution in [2.75, 3.05) is 58.4 Å². The first-order valence-electron chi connectivity index (χ1n) is 18.6. The molecule has 13 heteroatoms. The Labute approximate surface area is 312 Å². The van der Waals surface area contributed by atoms with Crippen molar-refractivity contribution in [1.29, 1.82) is 0 Å². The number of halogens is 1. The normalized spacial score (nSPS) is 30.3. The zero-order valence-electron chi connectivity index (χ0n) is 30.6. The number of carbonyl (C=O) groups excluding carboxylic acids is 2. The number of sulfonamides is 1. The van der Waals surface area contributed by atoms with Crippen molar-refractivity contribution >= 4 is 39.3 Å². The van der Waals surface area contributed by atoms with Crippen molar-refractivity contribution in [3.8, 4) is 5.75 Å². The Hall–Kier alpha value is -3.32. The van der Waals surface area contributed by atoms with Crippen LogP contribution in [0.3, 0.4) is 0 Å². The van der Waals surface area contributed by atoms with Gasteiger partial charge in [0, 0.05) is 48.6 Å². The van der Waals surface area contributed by atoms with E-state index < -0.39 is 27.6 Å². The van der Waals surface area contributed by atoms with Gasteiger partial charge in [0.05, 0.1) is 23.8 Å². The standard InChI is InChI=1S/C39H51ClN4O7S/c1-38(2)36(45)41-52(47,48)30-13-16-35-33(21-30)43(24-39(25-49-35)17-5-8-26-20-28(40)12-15-32(26)39)22-27-11-14-31(27)34(10-7-19-50-38)51-37(46)44-18-6-9-29(44)23-42(3)4/h7,10,12-13,15-16,20-21,27,29,31,34H,5-6,8-9,11,14,17-19,22-25H2,1-4H3,(H,41,45)/b10-7+/t27-,29+,31+,34-,39-/m0/s1. The number of anilines is 1. The van der Waals surface area contributed by atoms with Crippen LogP contribution in [-0.4, -0.2) is 101 Å². The summed E-state index contributed by atoms with van der Waals surface area (Å²) in [6.45, 7) is 6.20. The number of hydrogen-bond donors (Lipinski definition) is 1. The van der Waals surface area contributed by atoms with Crippen molar-refractivity contribution in [2.24, 2.45) is 11.8 Å². The summed E-state index contributed by atoms with van der Waals surface area (Å²) >= 11 is 6.46. The average molecular weight is 755 g/mol. The summed E-state index contributed by atoms with van der Waals surface area (Å²) in [4.78, 5) is 33.4. The Bertz CT molecular complexity index is 1830. The number of hydrogen-bond acceptors (Lipinski definition) is 9.